The molecule has 0 aromatic heterocycles. The molecule has 1 heterocycles. The molecule has 0 bridgehead atoms. The number of ether oxygens (including phenoxy) is 1. The summed E-state index contributed by atoms with van der Waals surface area (Å²) in [5.74, 6) is -1.06. The van der Waals surface area contributed by atoms with Crippen molar-refractivity contribution >= 4 is 43.9 Å². The fourth-order valence-electron chi connectivity index (χ4n) is 2.49. The maximum absolute atomic E-state index is 12.6. The van der Waals surface area contributed by atoms with E-state index in [1.165, 1.54) is 6.07 Å². The molecule has 1 aliphatic rings. The molecule has 1 aromatic rings. The van der Waals surface area contributed by atoms with Crippen LogP contribution in [0.15, 0.2) is 26.3 Å². The fourth-order valence-corrected chi connectivity index (χ4v) is 3.64. The minimum Gasteiger partial charge on any atom is -0.506 e. The second kappa shape index (κ2) is 7.65. The van der Waals surface area contributed by atoms with Crippen LogP contribution in [0.3, 0.4) is 0 Å². The molecule has 0 fully saturated rings. The summed E-state index contributed by atoms with van der Waals surface area (Å²) in [6.07, 6.45) is 0.0523. The molecule has 2 rings (SSSR count). The highest BCUT2D eigenvalue weighted by molar-refractivity contribution is 9.11. The number of halogens is 2. The molecule has 2 amide bonds. The number of amides is 2. The van der Waals surface area contributed by atoms with Crippen LogP contribution in [0.1, 0.15) is 38.8 Å². The number of allylic oxidation sites excluding steroid dienone is 1. The number of carbonyl (C=O) groups excluding carboxylic acids is 2. The molecule has 25 heavy (non-hydrogen) atoms. The first-order valence-electron chi connectivity index (χ1n) is 7.58. The Hall–Kier alpha value is -1.74. The first-order chi connectivity index (χ1) is 11.7. The van der Waals surface area contributed by atoms with E-state index in [0.717, 1.165) is 0 Å². The van der Waals surface area contributed by atoms with Crippen LogP contribution in [-0.4, -0.2) is 28.3 Å². The van der Waals surface area contributed by atoms with E-state index in [1.54, 1.807) is 20.8 Å². The number of urea groups is 1. The first-order valence-corrected chi connectivity index (χ1v) is 9.17. The van der Waals surface area contributed by atoms with Gasteiger partial charge in [-0.2, -0.15) is 0 Å². The third-order valence-corrected chi connectivity index (χ3v) is 4.93. The van der Waals surface area contributed by atoms with Gasteiger partial charge < -0.3 is 25.6 Å². The zero-order chi connectivity index (χ0) is 18.9. The third kappa shape index (κ3) is 3.92. The van der Waals surface area contributed by atoms with Gasteiger partial charge in [0.1, 0.15) is 16.0 Å². The Morgan fingerprint density at radius 1 is 1.32 bits per heavy atom. The van der Waals surface area contributed by atoms with Crippen molar-refractivity contribution in [2.24, 2.45) is 0 Å². The van der Waals surface area contributed by atoms with Crippen LogP contribution in [-0.2, 0) is 9.53 Å². The highest BCUT2D eigenvalue weighted by Gasteiger charge is 2.36. The molecule has 1 aliphatic heterocycles. The van der Waals surface area contributed by atoms with Gasteiger partial charge >= 0.3 is 12.0 Å². The molecular formula is C16H18Br2N2O5. The maximum atomic E-state index is 12.6. The minimum absolute atomic E-state index is 0.0549. The van der Waals surface area contributed by atoms with E-state index in [9.17, 15) is 19.8 Å². The van der Waals surface area contributed by atoms with Crippen LogP contribution >= 0.6 is 31.9 Å². The van der Waals surface area contributed by atoms with Crippen LogP contribution < -0.4 is 10.6 Å². The van der Waals surface area contributed by atoms with Gasteiger partial charge in [-0.3, -0.25) is 0 Å². The van der Waals surface area contributed by atoms with E-state index in [0.29, 0.717) is 16.6 Å². The summed E-state index contributed by atoms with van der Waals surface area (Å²) in [4.78, 5) is 24.6. The smallest absolute Gasteiger partial charge is 0.338 e. The van der Waals surface area contributed by atoms with Crippen molar-refractivity contribution in [3.05, 3.63) is 31.8 Å². The third-order valence-electron chi connectivity index (χ3n) is 3.58. The summed E-state index contributed by atoms with van der Waals surface area (Å²) in [7, 11) is 0. The number of nitrogens with one attached hydrogen (secondary N) is 2. The van der Waals surface area contributed by atoms with Gasteiger partial charge in [0, 0.05) is 11.3 Å². The van der Waals surface area contributed by atoms with E-state index < -0.39 is 18.0 Å². The number of aromatic hydroxyl groups is 2. The summed E-state index contributed by atoms with van der Waals surface area (Å²) in [6.45, 7) is 5.24. The molecule has 1 unspecified atom stereocenters. The lowest BCUT2D eigenvalue weighted by Crippen LogP contribution is -2.46. The molecule has 1 atom stereocenters. The normalized spacial score (nSPS) is 17.4. The second-order valence-electron chi connectivity index (χ2n) is 5.69. The van der Waals surface area contributed by atoms with Crippen LogP contribution in [0.2, 0.25) is 0 Å². The van der Waals surface area contributed by atoms with Crippen LogP contribution in [0, 0.1) is 0 Å². The molecule has 1 aromatic carbocycles. The largest absolute Gasteiger partial charge is 0.506 e. The molecule has 136 valence electrons. The monoisotopic (exact) mass is 476 g/mol. The summed E-state index contributed by atoms with van der Waals surface area (Å²) < 4.78 is 5.65. The molecule has 0 spiro atoms. The molecule has 0 saturated carbocycles. The number of benzene rings is 1. The Balaban J connectivity index is 2.64. The highest BCUT2D eigenvalue weighted by atomic mass is 79.9. The van der Waals surface area contributed by atoms with Crippen molar-refractivity contribution in [2.75, 3.05) is 0 Å². The van der Waals surface area contributed by atoms with Crippen molar-refractivity contribution in [3.8, 4) is 11.5 Å². The SMILES string of the molecule is CCC1=C(C(=O)OC(C)C)C(c2cc(Br)c(O)c(Br)c2O)NC(=O)N1. The number of esters is 1. The first kappa shape index (κ1) is 19.6. The zero-order valence-corrected chi connectivity index (χ0v) is 17.0. The summed E-state index contributed by atoms with van der Waals surface area (Å²) >= 11 is 6.29. The predicted molar refractivity (Wildman–Crippen MR) is 98.1 cm³/mol. The topological polar surface area (TPSA) is 108 Å². The highest BCUT2D eigenvalue weighted by Crippen LogP contribution is 2.45. The Bertz CT molecular complexity index is 761. The van der Waals surface area contributed by atoms with E-state index in [4.69, 9.17) is 4.74 Å². The Morgan fingerprint density at radius 3 is 2.52 bits per heavy atom. The van der Waals surface area contributed by atoms with Gasteiger partial charge in [-0.25, -0.2) is 9.59 Å². The number of carbonyl (C=O) groups is 2. The lowest BCUT2D eigenvalue weighted by Gasteiger charge is -2.30. The quantitative estimate of drug-likeness (QED) is 0.495. The van der Waals surface area contributed by atoms with Gasteiger partial charge in [-0.05, 0) is 58.2 Å². The fraction of sp³-hybridized carbons (Fsp3) is 0.375. The molecule has 0 saturated heterocycles. The van der Waals surface area contributed by atoms with Crippen LogP contribution in [0.5, 0.6) is 11.5 Å². The summed E-state index contributed by atoms with van der Waals surface area (Å²) in [5.41, 5.74) is 0.864. The van der Waals surface area contributed by atoms with Crippen molar-refractivity contribution in [1.82, 2.24) is 10.6 Å². The standard InChI is InChI=1S/C16H18Br2N2O5/c1-4-9-10(15(23)25-6(2)3)12(20-16(24)19-9)7-5-8(17)14(22)11(18)13(7)21/h5-6,12,21-22H,4H2,1-3H3,(H2,19,20,24). The molecule has 0 aliphatic carbocycles. The van der Waals surface area contributed by atoms with Gasteiger partial charge in [-0.1, -0.05) is 6.92 Å². The van der Waals surface area contributed by atoms with Crippen LogP contribution in [0.4, 0.5) is 4.79 Å². The van der Waals surface area contributed by atoms with E-state index in [-0.39, 0.29) is 33.2 Å². The molecule has 9 heteroatoms. The van der Waals surface area contributed by atoms with Gasteiger partial charge in [-0.15, -0.1) is 0 Å². The predicted octanol–water partition coefficient (Wildman–Crippen LogP) is 3.59. The summed E-state index contributed by atoms with van der Waals surface area (Å²) in [5, 5.41) is 25.5. The van der Waals surface area contributed by atoms with Gasteiger partial charge in [0.05, 0.1) is 22.2 Å². The van der Waals surface area contributed by atoms with E-state index in [2.05, 4.69) is 42.5 Å². The molecule has 0 radical (unpaired) electrons. The van der Waals surface area contributed by atoms with Crippen molar-refractivity contribution in [3.63, 3.8) is 0 Å². The zero-order valence-electron chi connectivity index (χ0n) is 13.8. The Labute approximate surface area is 161 Å². The number of hydrogen-bond acceptors (Lipinski definition) is 5. The van der Waals surface area contributed by atoms with Gasteiger partial charge in [0.15, 0.2) is 0 Å². The Morgan fingerprint density at radius 2 is 1.96 bits per heavy atom. The minimum atomic E-state index is -0.928. The van der Waals surface area contributed by atoms with Crippen molar-refractivity contribution in [2.45, 2.75) is 39.3 Å². The van der Waals surface area contributed by atoms with E-state index in [1.807, 2.05) is 0 Å². The summed E-state index contributed by atoms with van der Waals surface area (Å²) in [6, 6.07) is 0.0209. The lowest BCUT2D eigenvalue weighted by atomic mass is 9.93. The number of phenols is 2. The molecule has 7 nitrogen and oxygen atoms in total. The number of rotatable bonds is 4. The van der Waals surface area contributed by atoms with E-state index >= 15 is 0 Å². The number of phenolic OH excluding ortho intramolecular Hbond substituents is 2. The van der Waals surface area contributed by atoms with Crippen LogP contribution in [0.25, 0.3) is 0 Å². The van der Waals surface area contributed by atoms with Gasteiger partial charge in [0.2, 0.25) is 0 Å². The van der Waals surface area contributed by atoms with Gasteiger partial charge in [0.25, 0.3) is 0 Å². The lowest BCUT2D eigenvalue weighted by molar-refractivity contribution is -0.143. The molecular weight excluding hydrogens is 460 g/mol. The average Bonchev–Trinajstić information content (AvgIpc) is 2.54. The van der Waals surface area contributed by atoms with Crippen molar-refractivity contribution in [1.29, 1.82) is 0 Å². The second-order valence-corrected chi connectivity index (χ2v) is 7.34. The Kier molecular flexibility index (Phi) is 5.99. The molecule has 4 N–H and O–H groups in total. The average molecular weight is 478 g/mol. The maximum Gasteiger partial charge on any atom is 0.338 e. The number of hydrogen-bond donors (Lipinski definition) is 4. The van der Waals surface area contributed by atoms with Crippen molar-refractivity contribution < 1.29 is 24.5 Å².